The zero-order chi connectivity index (χ0) is 10.1. The summed E-state index contributed by atoms with van der Waals surface area (Å²) in [5, 5.41) is 12.5. The van der Waals surface area contributed by atoms with E-state index >= 15 is 0 Å². The monoisotopic (exact) mass is 180 g/mol. The van der Waals surface area contributed by atoms with E-state index in [1.54, 1.807) is 0 Å². The molecular formula is C11H20N2. The van der Waals surface area contributed by atoms with Crippen LogP contribution in [-0.4, -0.2) is 12.1 Å². The van der Waals surface area contributed by atoms with Gasteiger partial charge in [-0.3, -0.25) is 5.32 Å². The lowest BCUT2D eigenvalue weighted by atomic mass is 9.61. The van der Waals surface area contributed by atoms with Gasteiger partial charge in [0.1, 0.15) is 5.54 Å². The van der Waals surface area contributed by atoms with Crippen molar-refractivity contribution in [3.05, 3.63) is 0 Å². The summed E-state index contributed by atoms with van der Waals surface area (Å²) in [6.07, 6.45) is 1.01. The van der Waals surface area contributed by atoms with E-state index in [-0.39, 0.29) is 5.54 Å². The molecule has 0 aromatic heterocycles. The van der Waals surface area contributed by atoms with Gasteiger partial charge in [0.15, 0.2) is 0 Å². The molecule has 0 heterocycles. The maximum Gasteiger partial charge on any atom is 0.109 e. The van der Waals surface area contributed by atoms with E-state index in [1.807, 2.05) is 0 Å². The Balaban J connectivity index is 2.50. The predicted octanol–water partition coefficient (Wildman–Crippen LogP) is 2.17. The van der Waals surface area contributed by atoms with Crippen LogP contribution in [0.3, 0.4) is 0 Å². The van der Waals surface area contributed by atoms with Gasteiger partial charge in [-0.25, -0.2) is 0 Å². The van der Waals surface area contributed by atoms with Crippen LogP contribution in [0.25, 0.3) is 0 Å². The smallest absolute Gasteiger partial charge is 0.109 e. The Labute approximate surface area is 81.3 Å². The fourth-order valence-electron chi connectivity index (χ4n) is 2.00. The van der Waals surface area contributed by atoms with Crippen LogP contribution in [0.4, 0.5) is 0 Å². The summed E-state index contributed by atoms with van der Waals surface area (Å²) < 4.78 is 0. The molecule has 0 spiro atoms. The molecule has 0 amide bonds. The van der Waals surface area contributed by atoms with E-state index in [9.17, 15) is 0 Å². The fraction of sp³-hybridized carbons (Fsp3) is 0.909. The molecule has 1 N–H and O–H groups in total. The Morgan fingerprint density at radius 3 is 2.46 bits per heavy atom. The van der Waals surface area contributed by atoms with Gasteiger partial charge in [-0.05, 0) is 30.7 Å². The zero-order valence-corrected chi connectivity index (χ0v) is 9.09. The molecule has 0 aromatic carbocycles. The molecule has 0 radical (unpaired) electrons. The second-order valence-electron chi connectivity index (χ2n) is 4.83. The van der Waals surface area contributed by atoms with Crippen molar-refractivity contribution >= 4 is 0 Å². The van der Waals surface area contributed by atoms with E-state index in [4.69, 9.17) is 5.26 Å². The van der Waals surface area contributed by atoms with Crippen molar-refractivity contribution in [2.45, 2.75) is 39.7 Å². The number of nitrogens with one attached hydrogen (secondary N) is 1. The van der Waals surface area contributed by atoms with Crippen LogP contribution in [0, 0.1) is 29.1 Å². The number of nitrogens with zero attached hydrogens (tertiary/aromatic N) is 1. The summed E-state index contributed by atoms with van der Waals surface area (Å²) in [5.74, 6) is 1.81. The largest absolute Gasteiger partial charge is 0.299 e. The van der Waals surface area contributed by atoms with Crippen molar-refractivity contribution in [1.82, 2.24) is 5.32 Å². The zero-order valence-electron chi connectivity index (χ0n) is 9.09. The summed E-state index contributed by atoms with van der Waals surface area (Å²) >= 11 is 0. The number of hydrogen-bond acceptors (Lipinski definition) is 2. The Morgan fingerprint density at radius 1 is 1.54 bits per heavy atom. The predicted molar refractivity (Wildman–Crippen MR) is 54.1 cm³/mol. The highest BCUT2D eigenvalue weighted by molar-refractivity contribution is 5.18. The van der Waals surface area contributed by atoms with Crippen molar-refractivity contribution in [2.75, 3.05) is 6.54 Å². The summed E-state index contributed by atoms with van der Waals surface area (Å²) in [5.41, 5.74) is -0.219. The third-order valence-electron chi connectivity index (χ3n) is 3.30. The van der Waals surface area contributed by atoms with Gasteiger partial charge in [0.25, 0.3) is 0 Å². The van der Waals surface area contributed by atoms with Crippen LogP contribution in [0.5, 0.6) is 0 Å². The highest BCUT2D eigenvalue weighted by Crippen LogP contribution is 2.42. The molecular weight excluding hydrogens is 160 g/mol. The summed E-state index contributed by atoms with van der Waals surface area (Å²) in [6, 6.07) is 2.44. The Hall–Kier alpha value is -0.550. The average molecular weight is 180 g/mol. The van der Waals surface area contributed by atoms with Gasteiger partial charge >= 0.3 is 0 Å². The second kappa shape index (κ2) is 3.67. The topological polar surface area (TPSA) is 35.8 Å². The Bertz CT molecular complexity index is 217. The lowest BCUT2D eigenvalue weighted by Crippen LogP contribution is -2.61. The van der Waals surface area contributed by atoms with Gasteiger partial charge < -0.3 is 0 Å². The van der Waals surface area contributed by atoms with Crippen LogP contribution < -0.4 is 5.32 Å². The van der Waals surface area contributed by atoms with Gasteiger partial charge in [0.2, 0.25) is 0 Å². The van der Waals surface area contributed by atoms with Crippen LogP contribution in [-0.2, 0) is 0 Å². The van der Waals surface area contributed by atoms with Gasteiger partial charge in [0, 0.05) is 0 Å². The number of rotatable bonds is 3. The molecule has 0 bridgehead atoms. The van der Waals surface area contributed by atoms with E-state index in [2.05, 4.69) is 39.1 Å². The van der Waals surface area contributed by atoms with Gasteiger partial charge in [-0.1, -0.05) is 27.7 Å². The molecule has 0 saturated heterocycles. The minimum absolute atomic E-state index is 0.219. The first-order valence-electron chi connectivity index (χ1n) is 5.18. The normalized spacial score (nSPS) is 38.5. The van der Waals surface area contributed by atoms with Crippen LogP contribution >= 0.6 is 0 Å². The standard InChI is InChI=1S/C11H20N2/c1-8(2)6-13-11(7-12)5-9(3)10(11)4/h8-10,13H,5-6H2,1-4H3. The molecule has 74 valence electrons. The van der Waals surface area contributed by atoms with Crippen LogP contribution in [0.1, 0.15) is 34.1 Å². The van der Waals surface area contributed by atoms with Gasteiger partial charge in [0.05, 0.1) is 6.07 Å². The highest BCUT2D eigenvalue weighted by Gasteiger charge is 2.49. The second-order valence-corrected chi connectivity index (χ2v) is 4.83. The van der Waals surface area contributed by atoms with Gasteiger partial charge in [-0.15, -0.1) is 0 Å². The molecule has 3 unspecified atom stereocenters. The van der Waals surface area contributed by atoms with E-state index in [0.29, 0.717) is 17.8 Å². The molecule has 3 atom stereocenters. The molecule has 1 aliphatic rings. The molecule has 2 nitrogen and oxygen atoms in total. The first-order valence-corrected chi connectivity index (χ1v) is 5.18. The number of hydrogen-bond donors (Lipinski definition) is 1. The maximum atomic E-state index is 9.13. The summed E-state index contributed by atoms with van der Waals surface area (Å²) in [7, 11) is 0. The Morgan fingerprint density at radius 2 is 2.15 bits per heavy atom. The first kappa shape index (κ1) is 10.5. The molecule has 13 heavy (non-hydrogen) atoms. The van der Waals surface area contributed by atoms with Crippen LogP contribution in [0.15, 0.2) is 0 Å². The van der Waals surface area contributed by atoms with Crippen molar-refractivity contribution in [1.29, 1.82) is 5.26 Å². The van der Waals surface area contributed by atoms with Crippen molar-refractivity contribution in [2.24, 2.45) is 17.8 Å². The first-order chi connectivity index (χ1) is 6.02. The lowest BCUT2D eigenvalue weighted by Gasteiger charge is -2.48. The lowest BCUT2D eigenvalue weighted by molar-refractivity contribution is 0.0743. The number of nitriles is 1. The minimum atomic E-state index is -0.219. The summed E-state index contributed by atoms with van der Waals surface area (Å²) in [4.78, 5) is 0. The molecule has 1 rings (SSSR count). The quantitative estimate of drug-likeness (QED) is 0.722. The Kier molecular flexibility index (Phi) is 2.98. The van der Waals surface area contributed by atoms with E-state index in [1.165, 1.54) is 0 Å². The highest BCUT2D eigenvalue weighted by atomic mass is 15.0. The molecule has 1 aliphatic carbocycles. The molecule has 0 aliphatic heterocycles. The third kappa shape index (κ3) is 1.86. The van der Waals surface area contributed by atoms with Crippen molar-refractivity contribution in [3.8, 4) is 6.07 Å². The van der Waals surface area contributed by atoms with E-state index < -0.39 is 0 Å². The van der Waals surface area contributed by atoms with Crippen molar-refractivity contribution < 1.29 is 0 Å². The SMILES string of the molecule is CC(C)CNC1(C#N)CC(C)C1C. The van der Waals surface area contributed by atoms with E-state index in [0.717, 1.165) is 13.0 Å². The summed E-state index contributed by atoms with van der Waals surface area (Å²) in [6.45, 7) is 9.68. The molecule has 1 fully saturated rings. The fourth-order valence-corrected chi connectivity index (χ4v) is 2.00. The van der Waals surface area contributed by atoms with Gasteiger partial charge in [-0.2, -0.15) is 5.26 Å². The third-order valence-corrected chi connectivity index (χ3v) is 3.30. The van der Waals surface area contributed by atoms with Crippen molar-refractivity contribution in [3.63, 3.8) is 0 Å². The molecule has 2 heteroatoms. The maximum absolute atomic E-state index is 9.13. The average Bonchev–Trinajstić information content (AvgIpc) is 2.11. The minimum Gasteiger partial charge on any atom is -0.299 e. The molecule has 0 aromatic rings. The van der Waals surface area contributed by atoms with Crippen LogP contribution in [0.2, 0.25) is 0 Å². The molecule has 1 saturated carbocycles.